The van der Waals surface area contributed by atoms with Gasteiger partial charge in [-0.2, -0.15) is 0 Å². The minimum absolute atomic E-state index is 0.108. The van der Waals surface area contributed by atoms with Gasteiger partial charge in [0.25, 0.3) is 5.56 Å². The first-order chi connectivity index (χ1) is 13.9. The van der Waals surface area contributed by atoms with Crippen molar-refractivity contribution < 1.29 is 14.0 Å². The molecule has 3 aromatic rings. The monoisotopic (exact) mass is 416 g/mol. The Bertz CT molecular complexity index is 1150. The molecule has 0 bridgehead atoms. The van der Waals surface area contributed by atoms with Gasteiger partial charge in [0.2, 0.25) is 11.8 Å². The molecular weight excluding hydrogens is 399 g/mol. The van der Waals surface area contributed by atoms with E-state index in [1.165, 1.54) is 23.7 Å². The van der Waals surface area contributed by atoms with Gasteiger partial charge in [0.1, 0.15) is 18.1 Å². The normalized spacial score (nSPS) is 10.7. The number of carbonyl (C=O) groups excluding carboxylic acids is 2. The molecule has 7 nitrogen and oxygen atoms in total. The maximum atomic E-state index is 13.3. The van der Waals surface area contributed by atoms with E-state index < -0.39 is 17.3 Å². The highest BCUT2D eigenvalue weighted by Gasteiger charge is 2.15. The highest BCUT2D eigenvalue weighted by Crippen LogP contribution is 2.19. The number of nitrogens with one attached hydrogen (secondary N) is 2. The standard InChI is InChI=1S/C20H18ClFN4O3/c1-23-18(27)9-8-16-20(29)26(17-5-3-2-4-15(17)25-16)11-19(28)24-12-6-7-14(22)13(21)10-12/h2-7,10H,8-9,11H2,1H3,(H,23,27)(H,24,28). The lowest BCUT2D eigenvalue weighted by atomic mass is 10.2. The summed E-state index contributed by atoms with van der Waals surface area (Å²) in [5.41, 5.74) is 1.10. The van der Waals surface area contributed by atoms with Crippen molar-refractivity contribution in [1.82, 2.24) is 14.9 Å². The van der Waals surface area contributed by atoms with Gasteiger partial charge in [-0.3, -0.25) is 19.0 Å². The molecule has 0 aliphatic carbocycles. The van der Waals surface area contributed by atoms with Gasteiger partial charge in [-0.05, 0) is 30.3 Å². The second-order valence-electron chi connectivity index (χ2n) is 6.29. The fourth-order valence-electron chi connectivity index (χ4n) is 2.84. The number of amides is 2. The van der Waals surface area contributed by atoms with Crippen LogP contribution < -0.4 is 16.2 Å². The molecule has 0 atom stereocenters. The van der Waals surface area contributed by atoms with Crippen LogP contribution in [0.15, 0.2) is 47.3 Å². The zero-order valence-electron chi connectivity index (χ0n) is 15.5. The predicted octanol–water partition coefficient (Wildman–Crippen LogP) is 2.51. The maximum absolute atomic E-state index is 13.3. The summed E-state index contributed by atoms with van der Waals surface area (Å²) in [6.07, 6.45) is 0.260. The number of nitrogens with zero attached hydrogens (tertiary/aromatic N) is 2. The van der Waals surface area contributed by atoms with E-state index in [1.54, 1.807) is 24.3 Å². The van der Waals surface area contributed by atoms with E-state index in [2.05, 4.69) is 15.6 Å². The van der Waals surface area contributed by atoms with Crippen LogP contribution in [0.25, 0.3) is 11.0 Å². The molecule has 0 radical (unpaired) electrons. The lowest BCUT2D eigenvalue weighted by Gasteiger charge is -2.13. The molecule has 29 heavy (non-hydrogen) atoms. The summed E-state index contributed by atoms with van der Waals surface area (Å²) in [4.78, 5) is 41.3. The summed E-state index contributed by atoms with van der Waals surface area (Å²) in [6.45, 7) is -0.274. The number of halogens is 2. The fourth-order valence-corrected chi connectivity index (χ4v) is 3.02. The Morgan fingerprint density at radius 2 is 1.93 bits per heavy atom. The number of rotatable bonds is 6. The lowest BCUT2D eigenvalue weighted by molar-refractivity contribution is -0.120. The Balaban J connectivity index is 1.91. The van der Waals surface area contributed by atoms with Crippen LogP contribution in [0.1, 0.15) is 12.1 Å². The van der Waals surface area contributed by atoms with Crippen molar-refractivity contribution in [3.05, 3.63) is 69.4 Å². The zero-order valence-corrected chi connectivity index (χ0v) is 16.3. The molecule has 0 aliphatic rings. The molecule has 0 aliphatic heterocycles. The minimum atomic E-state index is -0.596. The zero-order chi connectivity index (χ0) is 21.0. The number of aromatic nitrogens is 2. The van der Waals surface area contributed by atoms with Crippen LogP contribution in [0.4, 0.5) is 10.1 Å². The molecule has 2 aromatic carbocycles. The van der Waals surface area contributed by atoms with E-state index in [-0.39, 0.29) is 36.0 Å². The van der Waals surface area contributed by atoms with Gasteiger partial charge in [0.15, 0.2) is 0 Å². The first-order valence-electron chi connectivity index (χ1n) is 8.83. The number of para-hydroxylation sites is 2. The van der Waals surface area contributed by atoms with Crippen molar-refractivity contribution >= 4 is 40.1 Å². The Labute approximate surface area is 170 Å². The van der Waals surface area contributed by atoms with Gasteiger partial charge >= 0.3 is 0 Å². The van der Waals surface area contributed by atoms with Crippen molar-refractivity contribution in [2.24, 2.45) is 0 Å². The van der Waals surface area contributed by atoms with Crippen molar-refractivity contribution in [3.63, 3.8) is 0 Å². The van der Waals surface area contributed by atoms with Crippen molar-refractivity contribution in [3.8, 4) is 0 Å². The average molecular weight is 417 g/mol. The molecule has 0 fully saturated rings. The Kier molecular flexibility index (Phi) is 6.23. The van der Waals surface area contributed by atoms with Gasteiger partial charge in [0, 0.05) is 25.6 Å². The number of hydrogen-bond donors (Lipinski definition) is 2. The molecular formula is C20H18ClFN4O3. The minimum Gasteiger partial charge on any atom is -0.359 e. The summed E-state index contributed by atoms with van der Waals surface area (Å²) in [5.74, 6) is -1.29. The molecule has 1 heterocycles. The van der Waals surface area contributed by atoms with E-state index in [0.29, 0.717) is 16.7 Å². The van der Waals surface area contributed by atoms with E-state index in [9.17, 15) is 18.8 Å². The molecule has 2 N–H and O–H groups in total. The quantitative estimate of drug-likeness (QED) is 0.645. The Morgan fingerprint density at radius 1 is 1.17 bits per heavy atom. The lowest BCUT2D eigenvalue weighted by Crippen LogP contribution is -2.31. The topological polar surface area (TPSA) is 93.1 Å². The maximum Gasteiger partial charge on any atom is 0.273 e. The molecule has 2 amide bonds. The fraction of sp³-hybridized carbons (Fsp3) is 0.200. The Hall–Kier alpha value is -3.26. The molecule has 9 heteroatoms. The van der Waals surface area contributed by atoms with Crippen LogP contribution >= 0.6 is 11.6 Å². The van der Waals surface area contributed by atoms with E-state index in [4.69, 9.17) is 11.6 Å². The van der Waals surface area contributed by atoms with Gasteiger partial charge in [-0.15, -0.1) is 0 Å². The van der Waals surface area contributed by atoms with Crippen LogP contribution in [0.3, 0.4) is 0 Å². The number of benzene rings is 2. The summed E-state index contributed by atoms with van der Waals surface area (Å²) < 4.78 is 14.6. The van der Waals surface area contributed by atoms with Crippen molar-refractivity contribution in [1.29, 1.82) is 0 Å². The molecule has 0 saturated heterocycles. The van der Waals surface area contributed by atoms with Crippen LogP contribution in [0, 0.1) is 5.82 Å². The summed E-state index contributed by atoms with van der Waals surface area (Å²) in [5, 5.41) is 4.97. The SMILES string of the molecule is CNC(=O)CCc1nc2ccccc2n(CC(=O)Nc2ccc(F)c(Cl)c2)c1=O. The van der Waals surface area contributed by atoms with Crippen LogP contribution in [0.5, 0.6) is 0 Å². The van der Waals surface area contributed by atoms with Gasteiger partial charge in [-0.25, -0.2) is 9.37 Å². The third-order valence-corrected chi connectivity index (χ3v) is 4.58. The van der Waals surface area contributed by atoms with Crippen LogP contribution in [0.2, 0.25) is 5.02 Å². The summed E-state index contributed by atoms with van der Waals surface area (Å²) >= 11 is 5.73. The number of hydrogen-bond acceptors (Lipinski definition) is 4. The number of carbonyl (C=O) groups is 2. The molecule has 0 spiro atoms. The second-order valence-corrected chi connectivity index (χ2v) is 6.70. The van der Waals surface area contributed by atoms with Gasteiger partial charge < -0.3 is 10.6 Å². The number of fused-ring (bicyclic) bond motifs is 1. The molecule has 0 saturated carbocycles. The second kappa shape index (κ2) is 8.83. The number of aryl methyl sites for hydroxylation is 1. The predicted molar refractivity (Wildman–Crippen MR) is 108 cm³/mol. The van der Waals surface area contributed by atoms with E-state index in [1.807, 2.05) is 0 Å². The van der Waals surface area contributed by atoms with Crippen molar-refractivity contribution in [2.75, 3.05) is 12.4 Å². The molecule has 0 unspecified atom stereocenters. The van der Waals surface area contributed by atoms with E-state index >= 15 is 0 Å². The summed E-state index contributed by atoms with van der Waals surface area (Å²) in [7, 11) is 1.51. The van der Waals surface area contributed by atoms with Crippen LogP contribution in [-0.4, -0.2) is 28.4 Å². The van der Waals surface area contributed by atoms with Gasteiger partial charge in [0.05, 0.1) is 16.1 Å². The third kappa shape index (κ3) is 4.78. The largest absolute Gasteiger partial charge is 0.359 e. The third-order valence-electron chi connectivity index (χ3n) is 4.29. The van der Waals surface area contributed by atoms with Gasteiger partial charge in [-0.1, -0.05) is 23.7 Å². The highest BCUT2D eigenvalue weighted by molar-refractivity contribution is 6.31. The number of anilines is 1. The first-order valence-corrected chi connectivity index (χ1v) is 9.21. The highest BCUT2D eigenvalue weighted by atomic mass is 35.5. The van der Waals surface area contributed by atoms with Crippen molar-refractivity contribution in [2.45, 2.75) is 19.4 Å². The van der Waals surface area contributed by atoms with Crippen LogP contribution in [-0.2, 0) is 22.6 Å². The first kappa shape index (κ1) is 20.5. The molecule has 150 valence electrons. The Morgan fingerprint density at radius 3 is 2.66 bits per heavy atom. The summed E-state index contributed by atoms with van der Waals surface area (Å²) in [6, 6.07) is 10.7. The molecule has 1 aromatic heterocycles. The smallest absolute Gasteiger partial charge is 0.273 e. The molecule has 3 rings (SSSR count). The average Bonchev–Trinajstić information content (AvgIpc) is 2.71. The van der Waals surface area contributed by atoms with E-state index in [0.717, 1.165) is 6.07 Å².